The SMILES string of the molecule is CCC(=O)c1ccc(OCC(=O)N[C@H](C)c2ccc(CC(C)C)cc2)cc1. The molecule has 0 aliphatic carbocycles. The Labute approximate surface area is 161 Å². The Kier molecular flexibility index (Phi) is 7.59. The minimum absolute atomic E-state index is 0.0587. The predicted octanol–water partition coefficient (Wildman–Crippen LogP) is 4.73. The van der Waals surface area contributed by atoms with Gasteiger partial charge in [-0.25, -0.2) is 0 Å². The van der Waals surface area contributed by atoms with Crippen molar-refractivity contribution in [3.8, 4) is 5.75 Å². The van der Waals surface area contributed by atoms with E-state index in [4.69, 9.17) is 4.74 Å². The molecule has 0 fully saturated rings. The zero-order valence-corrected chi connectivity index (χ0v) is 16.6. The van der Waals surface area contributed by atoms with E-state index >= 15 is 0 Å². The number of carbonyl (C=O) groups excluding carboxylic acids is 2. The first-order valence-electron chi connectivity index (χ1n) is 9.53. The molecule has 0 saturated heterocycles. The van der Waals surface area contributed by atoms with Crippen molar-refractivity contribution in [2.24, 2.45) is 5.92 Å². The fraction of sp³-hybridized carbons (Fsp3) is 0.391. The molecule has 27 heavy (non-hydrogen) atoms. The summed E-state index contributed by atoms with van der Waals surface area (Å²) in [5, 5.41) is 2.95. The molecule has 1 atom stereocenters. The summed E-state index contributed by atoms with van der Waals surface area (Å²) in [6.45, 7) is 8.13. The molecule has 4 heteroatoms. The number of Topliss-reactive ketones (excluding diaryl/α,β-unsaturated/α-hetero) is 1. The third-order valence-corrected chi connectivity index (χ3v) is 4.37. The van der Waals surface area contributed by atoms with Crippen LogP contribution in [0.3, 0.4) is 0 Å². The van der Waals surface area contributed by atoms with Gasteiger partial charge in [-0.15, -0.1) is 0 Å². The van der Waals surface area contributed by atoms with Gasteiger partial charge in [0.05, 0.1) is 6.04 Å². The van der Waals surface area contributed by atoms with Crippen LogP contribution < -0.4 is 10.1 Å². The standard InChI is InChI=1S/C23H29NO3/c1-5-22(25)20-10-12-21(13-11-20)27-15-23(26)24-17(4)19-8-6-18(7-9-19)14-16(2)3/h6-13,16-17H,5,14-15H2,1-4H3,(H,24,26)/t17-/m1/s1. The van der Waals surface area contributed by atoms with Crippen LogP contribution in [0.15, 0.2) is 48.5 Å². The fourth-order valence-electron chi connectivity index (χ4n) is 2.87. The molecular formula is C23H29NO3. The Balaban J connectivity index is 1.83. The third-order valence-electron chi connectivity index (χ3n) is 4.37. The van der Waals surface area contributed by atoms with Crippen LogP contribution in [0.5, 0.6) is 5.75 Å². The van der Waals surface area contributed by atoms with Gasteiger partial charge in [0.1, 0.15) is 5.75 Å². The van der Waals surface area contributed by atoms with E-state index in [-0.39, 0.29) is 24.3 Å². The van der Waals surface area contributed by atoms with Gasteiger partial charge < -0.3 is 10.1 Å². The van der Waals surface area contributed by atoms with Gasteiger partial charge in [0.15, 0.2) is 12.4 Å². The molecule has 1 N–H and O–H groups in total. The van der Waals surface area contributed by atoms with Crippen molar-refractivity contribution < 1.29 is 14.3 Å². The van der Waals surface area contributed by atoms with Crippen LogP contribution in [-0.4, -0.2) is 18.3 Å². The van der Waals surface area contributed by atoms with Gasteiger partial charge >= 0.3 is 0 Å². The molecule has 0 saturated carbocycles. The van der Waals surface area contributed by atoms with E-state index in [2.05, 4.69) is 43.4 Å². The van der Waals surface area contributed by atoms with Crippen LogP contribution in [0.4, 0.5) is 0 Å². The summed E-state index contributed by atoms with van der Waals surface area (Å²) in [5.74, 6) is 1.11. The lowest BCUT2D eigenvalue weighted by atomic mass is 10.00. The Morgan fingerprint density at radius 1 is 0.963 bits per heavy atom. The summed E-state index contributed by atoms with van der Waals surface area (Å²) in [4.78, 5) is 23.8. The number of carbonyl (C=O) groups is 2. The van der Waals surface area contributed by atoms with Crippen molar-refractivity contribution in [1.29, 1.82) is 0 Å². The summed E-state index contributed by atoms with van der Waals surface area (Å²) < 4.78 is 5.51. The second-order valence-corrected chi connectivity index (χ2v) is 7.22. The maximum atomic E-state index is 12.1. The number of hydrogen-bond donors (Lipinski definition) is 1. The number of ketones is 1. The highest BCUT2D eigenvalue weighted by atomic mass is 16.5. The van der Waals surface area contributed by atoms with Crippen molar-refractivity contribution in [2.45, 2.75) is 46.6 Å². The van der Waals surface area contributed by atoms with E-state index in [0.29, 0.717) is 23.7 Å². The molecule has 2 aromatic carbocycles. The zero-order valence-electron chi connectivity index (χ0n) is 16.6. The molecule has 0 bridgehead atoms. The minimum Gasteiger partial charge on any atom is -0.484 e. The fourth-order valence-corrected chi connectivity index (χ4v) is 2.87. The molecule has 2 aromatic rings. The first-order chi connectivity index (χ1) is 12.9. The van der Waals surface area contributed by atoms with Gasteiger partial charge in [0.2, 0.25) is 0 Å². The lowest BCUT2D eigenvalue weighted by Gasteiger charge is -2.15. The van der Waals surface area contributed by atoms with Gasteiger partial charge in [0, 0.05) is 12.0 Å². The van der Waals surface area contributed by atoms with Gasteiger partial charge in [-0.05, 0) is 54.7 Å². The Bertz CT molecular complexity index is 748. The molecule has 0 aromatic heterocycles. The Hall–Kier alpha value is -2.62. The first-order valence-corrected chi connectivity index (χ1v) is 9.53. The van der Waals surface area contributed by atoms with E-state index in [1.807, 2.05) is 13.8 Å². The van der Waals surface area contributed by atoms with Crippen LogP contribution in [0, 0.1) is 5.92 Å². The molecule has 0 heterocycles. The molecule has 0 aliphatic rings. The summed E-state index contributed by atoms with van der Waals surface area (Å²) in [6, 6.07) is 15.2. The molecule has 0 aliphatic heterocycles. The molecular weight excluding hydrogens is 338 g/mol. The summed E-state index contributed by atoms with van der Waals surface area (Å²) in [5.41, 5.74) is 3.03. The molecule has 144 valence electrons. The van der Waals surface area contributed by atoms with Crippen molar-refractivity contribution >= 4 is 11.7 Å². The first kappa shape index (κ1) is 20.7. The van der Waals surface area contributed by atoms with Crippen LogP contribution in [0.1, 0.15) is 61.6 Å². The second-order valence-electron chi connectivity index (χ2n) is 7.22. The Morgan fingerprint density at radius 3 is 2.15 bits per heavy atom. The van der Waals surface area contributed by atoms with Crippen LogP contribution in [0.25, 0.3) is 0 Å². The van der Waals surface area contributed by atoms with Crippen LogP contribution in [-0.2, 0) is 11.2 Å². The summed E-state index contributed by atoms with van der Waals surface area (Å²) >= 11 is 0. The average molecular weight is 367 g/mol. The summed E-state index contributed by atoms with van der Waals surface area (Å²) in [6.07, 6.45) is 1.52. The largest absolute Gasteiger partial charge is 0.484 e. The highest BCUT2D eigenvalue weighted by molar-refractivity contribution is 5.95. The van der Waals surface area contributed by atoms with Crippen molar-refractivity contribution in [3.63, 3.8) is 0 Å². The quantitative estimate of drug-likeness (QED) is 0.652. The van der Waals surface area contributed by atoms with Gasteiger partial charge in [-0.1, -0.05) is 45.0 Å². The number of ether oxygens (including phenoxy) is 1. The van der Waals surface area contributed by atoms with Crippen molar-refractivity contribution in [3.05, 3.63) is 65.2 Å². The normalized spacial score (nSPS) is 11.9. The smallest absolute Gasteiger partial charge is 0.258 e. The van der Waals surface area contributed by atoms with E-state index in [0.717, 1.165) is 12.0 Å². The molecule has 2 rings (SSSR count). The number of amides is 1. The van der Waals surface area contributed by atoms with E-state index in [1.165, 1.54) is 5.56 Å². The van der Waals surface area contributed by atoms with E-state index in [9.17, 15) is 9.59 Å². The number of rotatable bonds is 9. The molecule has 0 unspecified atom stereocenters. The summed E-state index contributed by atoms with van der Waals surface area (Å²) in [7, 11) is 0. The number of benzene rings is 2. The van der Waals surface area contributed by atoms with Gasteiger partial charge in [0.25, 0.3) is 5.91 Å². The molecule has 4 nitrogen and oxygen atoms in total. The van der Waals surface area contributed by atoms with Gasteiger partial charge in [-0.2, -0.15) is 0 Å². The molecule has 1 amide bonds. The second kappa shape index (κ2) is 9.91. The van der Waals surface area contributed by atoms with Crippen LogP contribution >= 0.6 is 0 Å². The maximum Gasteiger partial charge on any atom is 0.258 e. The Morgan fingerprint density at radius 2 is 1.59 bits per heavy atom. The highest BCUT2D eigenvalue weighted by Crippen LogP contribution is 2.16. The third kappa shape index (κ3) is 6.55. The predicted molar refractivity (Wildman–Crippen MR) is 108 cm³/mol. The van der Waals surface area contributed by atoms with Gasteiger partial charge in [-0.3, -0.25) is 9.59 Å². The number of nitrogens with one attached hydrogen (secondary N) is 1. The monoisotopic (exact) mass is 367 g/mol. The number of hydrogen-bond acceptors (Lipinski definition) is 3. The average Bonchev–Trinajstić information content (AvgIpc) is 2.66. The van der Waals surface area contributed by atoms with Crippen molar-refractivity contribution in [1.82, 2.24) is 5.32 Å². The minimum atomic E-state index is -0.178. The lowest BCUT2D eigenvalue weighted by molar-refractivity contribution is -0.123. The maximum absolute atomic E-state index is 12.1. The molecule has 0 radical (unpaired) electrons. The topological polar surface area (TPSA) is 55.4 Å². The molecule has 0 spiro atoms. The zero-order chi connectivity index (χ0) is 19.8. The van der Waals surface area contributed by atoms with E-state index < -0.39 is 0 Å². The highest BCUT2D eigenvalue weighted by Gasteiger charge is 2.11. The van der Waals surface area contributed by atoms with Crippen molar-refractivity contribution in [2.75, 3.05) is 6.61 Å². The van der Waals surface area contributed by atoms with Crippen LogP contribution in [0.2, 0.25) is 0 Å². The lowest BCUT2D eigenvalue weighted by Crippen LogP contribution is -2.31. The van der Waals surface area contributed by atoms with E-state index in [1.54, 1.807) is 24.3 Å².